The van der Waals surface area contributed by atoms with Crippen LogP contribution in [-0.4, -0.2) is 18.4 Å². The third-order valence-corrected chi connectivity index (χ3v) is 5.90. The van der Waals surface area contributed by atoms with E-state index in [0.29, 0.717) is 15.3 Å². The molecule has 5 nitrogen and oxygen atoms in total. The number of nitrogens with zero attached hydrogens (tertiary/aromatic N) is 2. The molecule has 0 aliphatic rings. The van der Waals surface area contributed by atoms with Crippen LogP contribution in [0.5, 0.6) is 0 Å². The molecule has 2 aromatic heterocycles. The lowest BCUT2D eigenvalue weighted by atomic mass is 9.99. The maximum absolute atomic E-state index is 12.6. The van der Waals surface area contributed by atoms with E-state index >= 15 is 0 Å². The molecule has 0 saturated heterocycles. The Morgan fingerprint density at radius 2 is 1.77 bits per heavy atom. The van der Waals surface area contributed by atoms with Crippen LogP contribution in [0.3, 0.4) is 0 Å². The maximum atomic E-state index is 12.6. The van der Waals surface area contributed by atoms with Crippen LogP contribution in [0.15, 0.2) is 58.2 Å². The van der Waals surface area contributed by atoms with E-state index < -0.39 is 10.0 Å². The van der Waals surface area contributed by atoms with E-state index in [9.17, 15) is 8.42 Å². The van der Waals surface area contributed by atoms with Gasteiger partial charge >= 0.3 is 0 Å². The fraction of sp³-hybridized carbons (Fsp3) is 0.111. The Balaban J connectivity index is 2.03. The molecule has 2 heterocycles. The molecule has 0 aliphatic heterocycles. The number of anilines is 1. The summed E-state index contributed by atoms with van der Waals surface area (Å²) >= 11 is 9.50. The molecule has 0 fully saturated rings. The average Bonchev–Trinajstić information content (AvgIpc) is 2.57. The van der Waals surface area contributed by atoms with Crippen molar-refractivity contribution in [2.75, 3.05) is 4.72 Å². The zero-order valence-electron chi connectivity index (χ0n) is 14.0. The van der Waals surface area contributed by atoms with Crippen LogP contribution in [0.25, 0.3) is 11.3 Å². The smallest absolute Gasteiger partial charge is 0.263 e. The summed E-state index contributed by atoms with van der Waals surface area (Å²) in [5.74, 6) is 0.194. The summed E-state index contributed by atoms with van der Waals surface area (Å²) in [6.07, 6.45) is 1.41. The molecule has 0 atom stereocenters. The normalized spacial score (nSPS) is 11.4. The Morgan fingerprint density at radius 3 is 2.42 bits per heavy atom. The highest BCUT2D eigenvalue weighted by Crippen LogP contribution is 2.32. The highest BCUT2D eigenvalue weighted by Gasteiger charge is 2.18. The summed E-state index contributed by atoms with van der Waals surface area (Å²) in [5, 5.41) is 0.456. The molecule has 3 rings (SSSR count). The zero-order valence-corrected chi connectivity index (χ0v) is 17.2. The van der Waals surface area contributed by atoms with Gasteiger partial charge in [0.2, 0.25) is 0 Å². The topological polar surface area (TPSA) is 72.0 Å². The second kappa shape index (κ2) is 7.34. The summed E-state index contributed by atoms with van der Waals surface area (Å²) in [5.41, 5.74) is 3.46. The van der Waals surface area contributed by atoms with Gasteiger partial charge in [-0.25, -0.2) is 18.4 Å². The fourth-order valence-electron chi connectivity index (χ4n) is 2.61. The summed E-state index contributed by atoms with van der Waals surface area (Å²) < 4.78 is 28.1. The number of halogens is 2. The molecule has 0 radical (unpaired) electrons. The average molecular weight is 453 g/mol. The quantitative estimate of drug-likeness (QED) is 0.567. The number of hydrogen-bond donors (Lipinski definition) is 1. The molecule has 0 saturated carbocycles. The van der Waals surface area contributed by atoms with Gasteiger partial charge in [0.1, 0.15) is 10.4 Å². The molecule has 0 unspecified atom stereocenters. The maximum Gasteiger partial charge on any atom is 0.263 e. The van der Waals surface area contributed by atoms with Gasteiger partial charge in [0, 0.05) is 11.8 Å². The Labute approximate surface area is 165 Å². The number of hydrogen-bond acceptors (Lipinski definition) is 4. The third-order valence-electron chi connectivity index (χ3n) is 3.81. The third kappa shape index (κ3) is 3.90. The molecular weight excluding hydrogens is 438 g/mol. The van der Waals surface area contributed by atoms with E-state index in [1.54, 1.807) is 6.07 Å². The first-order chi connectivity index (χ1) is 12.3. The molecule has 26 heavy (non-hydrogen) atoms. The first-order valence-electron chi connectivity index (χ1n) is 7.65. The molecule has 134 valence electrons. The van der Waals surface area contributed by atoms with Crippen LogP contribution in [-0.2, 0) is 10.0 Å². The SMILES string of the molecule is Cc1cccc(C)c1-c1nc(NS(=O)(=O)c2ccnc(Br)c2)ccc1Cl. The van der Waals surface area contributed by atoms with Gasteiger partial charge < -0.3 is 0 Å². The number of pyridine rings is 2. The molecule has 3 aromatic rings. The summed E-state index contributed by atoms with van der Waals surface area (Å²) in [6.45, 7) is 3.93. The van der Waals surface area contributed by atoms with Gasteiger partial charge in [-0.2, -0.15) is 0 Å². The molecule has 0 spiro atoms. The van der Waals surface area contributed by atoms with Gasteiger partial charge in [-0.05, 0) is 65.2 Å². The zero-order chi connectivity index (χ0) is 18.9. The first-order valence-corrected chi connectivity index (χ1v) is 10.3. The van der Waals surface area contributed by atoms with Crippen molar-refractivity contribution in [3.05, 3.63) is 69.4 Å². The van der Waals surface area contributed by atoms with E-state index in [1.165, 1.54) is 24.4 Å². The van der Waals surface area contributed by atoms with Gasteiger partial charge in [0.25, 0.3) is 10.0 Å². The van der Waals surface area contributed by atoms with Crippen molar-refractivity contribution in [1.82, 2.24) is 9.97 Å². The number of aryl methyl sites for hydroxylation is 2. The minimum atomic E-state index is -3.79. The Morgan fingerprint density at radius 1 is 1.08 bits per heavy atom. The van der Waals surface area contributed by atoms with E-state index in [4.69, 9.17) is 11.6 Å². The highest BCUT2D eigenvalue weighted by atomic mass is 79.9. The van der Waals surface area contributed by atoms with E-state index in [-0.39, 0.29) is 10.7 Å². The second-order valence-corrected chi connectivity index (χ2v) is 8.62. The van der Waals surface area contributed by atoms with Crippen molar-refractivity contribution < 1.29 is 8.42 Å². The molecule has 1 aromatic carbocycles. The molecule has 0 aliphatic carbocycles. The predicted octanol–water partition coefficient (Wildman–Crippen LogP) is 4.98. The largest absolute Gasteiger partial charge is 0.263 e. The number of aromatic nitrogens is 2. The van der Waals surface area contributed by atoms with Crippen molar-refractivity contribution in [1.29, 1.82) is 0 Å². The van der Waals surface area contributed by atoms with Crippen molar-refractivity contribution in [3.8, 4) is 11.3 Å². The number of sulfonamides is 1. The van der Waals surface area contributed by atoms with Gasteiger partial charge in [-0.3, -0.25) is 4.72 Å². The lowest BCUT2D eigenvalue weighted by Gasteiger charge is -2.13. The van der Waals surface area contributed by atoms with Crippen LogP contribution in [0.4, 0.5) is 5.82 Å². The Bertz CT molecular complexity index is 1070. The molecule has 1 N–H and O–H groups in total. The van der Waals surface area contributed by atoms with Crippen molar-refractivity contribution in [3.63, 3.8) is 0 Å². The lowest BCUT2D eigenvalue weighted by molar-refractivity contribution is 0.601. The highest BCUT2D eigenvalue weighted by molar-refractivity contribution is 9.10. The molecule has 8 heteroatoms. The second-order valence-electron chi connectivity index (χ2n) is 5.71. The number of nitrogens with one attached hydrogen (secondary N) is 1. The molecular formula is C18H15BrClN3O2S. The Hall–Kier alpha value is -1.96. The predicted molar refractivity (Wildman–Crippen MR) is 107 cm³/mol. The van der Waals surface area contributed by atoms with Crippen molar-refractivity contribution >= 4 is 43.4 Å². The van der Waals surface area contributed by atoms with Crippen LogP contribution in [0.2, 0.25) is 5.02 Å². The number of benzene rings is 1. The van der Waals surface area contributed by atoms with E-state index in [0.717, 1.165) is 16.7 Å². The summed E-state index contributed by atoms with van der Waals surface area (Å²) in [6, 6.07) is 11.9. The van der Waals surface area contributed by atoms with Crippen molar-refractivity contribution in [2.45, 2.75) is 18.7 Å². The standard InChI is InChI=1S/C18H15BrClN3O2S/c1-11-4-3-5-12(2)17(11)18-14(20)6-7-16(22-18)23-26(24,25)13-8-9-21-15(19)10-13/h3-10H,1-2H3,(H,22,23). The van der Waals surface area contributed by atoms with Gasteiger partial charge in [0.15, 0.2) is 0 Å². The van der Waals surface area contributed by atoms with Crippen LogP contribution < -0.4 is 4.72 Å². The van der Waals surface area contributed by atoms with E-state index in [1.807, 2.05) is 32.0 Å². The minimum Gasteiger partial charge on any atom is -0.263 e. The Kier molecular flexibility index (Phi) is 5.32. The fourth-order valence-corrected chi connectivity index (χ4v) is 4.34. The summed E-state index contributed by atoms with van der Waals surface area (Å²) in [4.78, 5) is 8.47. The molecule has 0 bridgehead atoms. The van der Waals surface area contributed by atoms with Crippen LogP contribution in [0.1, 0.15) is 11.1 Å². The van der Waals surface area contributed by atoms with Crippen LogP contribution in [0, 0.1) is 13.8 Å². The minimum absolute atomic E-state index is 0.0877. The van der Waals surface area contributed by atoms with E-state index in [2.05, 4.69) is 30.6 Å². The van der Waals surface area contributed by atoms with Gasteiger partial charge in [-0.15, -0.1) is 0 Å². The van der Waals surface area contributed by atoms with Crippen LogP contribution >= 0.6 is 27.5 Å². The summed E-state index contributed by atoms with van der Waals surface area (Å²) in [7, 11) is -3.79. The monoisotopic (exact) mass is 451 g/mol. The molecule has 0 amide bonds. The first kappa shape index (κ1) is 18.8. The van der Waals surface area contributed by atoms with Gasteiger partial charge in [0.05, 0.1) is 15.6 Å². The number of rotatable bonds is 4. The van der Waals surface area contributed by atoms with Gasteiger partial charge in [-0.1, -0.05) is 29.8 Å². The lowest BCUT2D eigenvalue weighted by Crippen LogP contribution is -2.14. The van der Waals surface area contributed by atoms with Crippen molar-refractivity contribution in [2.24, 2.45) is 0 Å².